The first-order chi connectivity index (χ1) is 9.04. The minimum atomic E-state index is -0.251. The van der Waals surface area contributed by atoms with Crippen LogP contribution in [0, 0.1) is 6.92 Å². The highest BCUT2D eigenvalue weighted by Crippen LogP contribution is 2.17. The van der Waals surface area contributed by atoms with Crippen molar-refractivity contribution in [2.24, 2.45) is 0 Å². The van der Waals surface area contributed by atoms with Crippen molar-refractivity contribution in [1.82, 2.24) is 0 Å². The quantitative estimate of drug-likeness (QED) is 0.814. The molecule has 1 aromatic carbocycles. The van der Waals surface area contributed by atoms with Crippen molar-refractivity contribution in [3.8, 4) is 0 Å². The van der Waals surface area contributed by atoms with Crippen LogP contribution in [-0.4, -0.2) is 30.0 Å². The molecular formula is C14H19NO3S. The fraction of sp³-hybridized carbons (Fsp3) is 0.429. The summed E-state index contributed by atoms with van der Waals surface area (Å²) in [6.07, 6.45) is 0.323. The maximum absolute atomic E-state index is 12.0. The van der Waals surface area contributed by atoms with Crippen LogP contribution in [0.3, 0.4) is 0 Å². The molecule has 0 heterocycles. The number of carbonyl (C=O) groups excluding carboxylic acids is 2. The van der Waals surface area contributed by atoms with Crippen LogP contribution < -0.4 is 5.32 Å². The first-order valence-electron chi connectivity index (χ1n) is 6.09. The van der Waals surface area contributed by atoms with Gasteiger partial charge in [-0.2, -0.15) is 0 Å². The largest absolute Gasteiger partial charge is 0.469 e. The fourth-order valence-electron chi connectivity index (χ4n) is 1.44. The molecule has 0 spiro atoms. The van der Waals surface area contributed by atoms with Gasteiger partial charge in [-0.1, -0.05) is 18.2 Å². The van der Waals surface area contributed by atoms with E-state index in [0.717, 1.165) is 11.3 Å². The number of benzene rings is 1. The highest BCUT2D eigenvalue weighted by molar-refractivity contribution is 8.00. The van der Waals surface area contributed by atoms with Gasteiger partial charge in [-0.3, -0.25) is 9.59 Å². The van der Waals surface area contributed by atoms with Gasteiger partial charge in [0.05, 0.1) is 18.8 Å². The lowest BCUT2D eigenvalue weighted by Gasteiger charge is -2.13. The zero-order valence-electron chi connectivity index (χ0n) is 11.4. The highest BCUT2D eigenvalue weighted by atomic mass is 32.2. The molecule has 0 unspecified atom stereocenters. The Balaban J connectivity index is 2.41. The van der Waals surface area contributed by atoms with Gasteiger partial charge in [0.2, 0.25) is 5.91 Å². The molecule has 0 fully saturated rings. The standard InChI is InChI=1S/C14H19NO3S/c1-10-6-4-5-7-12(10)15-14(17)11(2)19-9-8-13(16)18-3/h4-7,11H,8-9H2,1-3H3,(H,15,17)/t11-/m1/s1. The van der Waals surface area contributed by atoms with E-state index >= 15 is 0 Å². The van der Waals surface area contributed by atoms with Crippen LogP contribution >= 0.6 is 11.8 Å². The van der Waals surface area contributed by atoms with Gasteiger partial charge in [0.25, 0.3) is 0 Å². The molecule has 1 N–H and O–H groups in total. The number of methoxy groups -OCH3 is 1. The first kappa shape index (κ1) is 15.6. The SMILES string of the molecule is COC(=O)CCS[C@H](C)C(=O)Nc1ccccc1C. The number of para-hydroxylation sites is 1. The number of anilines is 1. The number of ether oxygens (including phenoxy) is 1. The molecule has 0 radical (unpaired) electrons. The lowest BCUT2D eigenvalue weighted by molar-refractivity contribution is -0.140. The Morgan fingerprint density at radius 2 is 2.05 bits per heavy atom. The number of thioether (sulfide) groups is 1. The molecule has 1 rings (SSSR count). The van der Waals surface area contributed by atoms with E-state index in [1.807, 2.05) is 38.1 Å². The molecule has 0 aliphatic heterocycles. The van der Waals surface area contributed by atoms with Crippen molar-refractivity contribution in [2.75, 3.05) is 18.2 Å². The Hall–Kier alpha value is -1.49. The van der Waals surface area contributed by atoms with Gasteiger partial charge >= 0.3 is 5.97 Å². The zero-order chi connectivity index (χ0) is 14.3. The van der Waals surface area contributed by atoms with Gasteiger partial charge in [0.15, 0.2) is 0 Å². The molecule has 0 aliphatic rings. The van der Waals surface area contributed by atoms with Gasteiger partial charge < -0.3 is 10.1 Å². The van der Waals surface area contributed by atoms with Crippen LogP contribution in [0.2, 0.25) is 0 Å². The Bertz CT molecular complexity index is 448. The van der Waals surface area contributed by atoms with Crippen LogP contribution in [0.15, 0.2) is 24.3 Å². The number of rotatable bonds is 6. The molecule has 1 atom stereocenters. The highest BCUT2D eigenvalue weighted by Gasteiger charge is 2.14. The second-order valence-corrected chi connectivity index (χ2v) is 5.59. The zero-order valence-corrected chi connectivity index (χ0v) is 12.3. The maximum atomic E-state index is 12.0. The van der Waals surface area contributed by atoms with Crippen LogP contribution in [-0.2, 0) is 14.3 Å². The third kappa shape index (κ3) is 5.34. The van der Waals surface area contributed by atoms with Crippen molar-refractivity contribution in [1.29, 1.82) is 0 Å². The lowest BCUT2D eigenvalue weighted by atomic mass is 10.2. The molecule has 0 bridgehead atoms. The fourth-order valence-corrected chi connectivity index (χ4v) is 2.29. The predicted octanol–water partition coefficient (Wildman–Crippen LogP) is 2.62. The average Bonchev–Trinajstić information content (AvgIpc) is 2.40. The van der Waals surface area contributed by atoms with Crippen LogP contribution in [0.25, 0.3) is 0 Å². The minimum absolute atomic E-state index is 0.0517. The van der Waals surface area contributed by atoms with Crippen molar-refractivity contribution in [2.45, 2.75) is 25.5 Å². The van der Waals surface area contributed by atoms with E-state index in [0.29, 0.717) is 12.2 Å². The molecule has 0 aromatic heterocycles. The Kier molecular flexibility index (Phi) is 6.42. The number of hydrogen-bond acceptors (Lipinski definition) is 4. The molecule has 104 valence electrons. The topological polar surface area (TPSA) is 55.4 Å². The van der Waals surface area contributed by atoms with E-state index in [1.54, 1.807) is 0 Å². The average molecular weight is 281 g/mol. The Morgan fingerprint density at radius 3 is 2.68 bits per heavy atom. The minimum Gasteiger partial charge on any atom is -0.469 e. The van der Waals surface area contributed by atoms with Crippen molar-refractivity contribution in [3.05, 3.63) is 29.8 Å². The molecular weight excluding hydrogens is 262 g/mol. The van der Waals surface area contributed by atoms with Crippen molar-refractivity contribution < 1.29 is 14.3 Å². The third-order valence-electron chi connectivity index (χ3n) is 2.67. The number of hydrogen-bond donors (Lipinski definition) is 1. The summed E-state index contributed by atoms with van der Waals surface area (Å²) in [5.74, 6) is 0.276. The summed E-state index contributed by atoms with van der Waals surface area (Å²) in [6.45, 7) is 3.78. The van der Waals surface area contributed by atoms with E-state index in [4.69, 9.17) is 0 Å². The van der Waals surface area contributed by atoms with Gasteiger partial charge in [-0.15, -0.1) is 11.8 Å². The summed E-state index contributed by atoms with van der Waals surface area (Å²) in [7, 11) is 1.36. The summed E-state index contributed by atoms with van der Waals surface area (Å²) in [6, 6.07) is 7.64. The van der Waals surface area contributed by atoms with Gasteiger partial charge in [0, 0.05) is 11.4 Å². The number of nitrogens with one attached hydrogen (secondary N) is 1. The Morgan fingerprint density at radius 1 is 1.37 bits per heavy atom. The number of amides is 1. The van der Waals surface area contributed by atoms with Gasteiger partial charge in [-0.05, 0) is 25.5 Å². The van der Waals surface area contributed by atoms with Crippen molar-refractivity contribution in [3.63, 3.8) is 0 Å². The van der Waals surface area contributed by atoms with E-state index in [2.05, 4.69) is 10.1 Å². The van der Waals surface area contributed by atoms with E-state index in [1.165, 1.54) is 18.9 Å². The number of carbonyl (C=O) groups is 2. The molecule has 0 saturated heterocycles. The van der Waals surface area contributed by atoms with E-state index in [-0.39, 0.29) is 17.1 Å². The predicted molar refractivity (Wildman–Crippen MR) is 78.4 cm³/mol. The molecule has 19 heavy (non-hydrogen) atoms. The number of esters is 1. The van der Waals surface area contributed by atoms with Crippen LogP contribution in [0.1, 0.15) is 18.9 Å². The van der Waals surface area contributed by atoms with Gasteiger partial charge in [0.1, 0.15) is 0 Å². The molecule has 1 aromatic rings. The third-order valence-corrected chi connectivity index (χ3v) is 3.83. The normalized spacial score (nSPS) is 11.7. The van der Waals surface area contributed by atoms with Crippen LogP contribution in [0.4, 0.5) is 5.69 Å². The second kappa shape index (κ2) is 7.84. The Labute approximate surface area is 117 Å². The van der Waals surface area contributed by atoms with Crippen LogP contribution in [0.5, 0.6) is 0 Å². The van der Waals surface area contributed by atoms with Gasteiger partial charge in [-0.25, -0.2) is 0 Å². The molecule has 0 aliphatic carbocycles. The van der Waals surface area contributed by atoms with E-state index in [9.17, 15) is 9.59 Å². The van der Waals surface area contributed by atoms with E-state index < -0.39 is 0 Å². The lowest BCUT2D eigenvalue weighted by Crippen LogP contribution is -2.23. The molecule has 1 amide bonds. The number of aryl methyl sites for hydroxylation is 1. The van der Waals surface area contributed by atoms with Crippen molar-refractivity contribution >= 4 is 29.3 Å². The molecule has 4 nitrogen and oxygen atoms in total. The monoisotopic (exact) mass is 281 g/mol. The summed E-state index contributed by atoms with van der Waals surface area (Å²) in [4.78, 5) is 22.9. The smallest absolute Gasteiger partial charge is 0.306 e. The molecule has 5 heteroatoms. The molecule has 0 saturated carbocycles. The first-order valence-corrected chi connectivity index (χ1v) is 7.14. The maximum Gasteiger partial charge on any atom is 0.306 e. The summed E-state index contributed by atoms with van der Waals surface area (Å²) in [5.41, 5.74) is 1.86. The summed E-state index contributed by atoms with van der Waals surface area (Å²) < 4.78 is 4.55. The summed E-state index contributed by atoms with van der Waals surface area (Å²) in [5, 5.41) is 2.68. The summed E-state index contributed by atoms with van der Waals surface area (Å²) >= 11 is 1.44. The second-order valence-electron chi connectivity index (χ2n) is 4.14.